The number of para-hydroxylation sites is 7. The maximum atomic E-state index is 5.67. The molecule has 0 fully saturated rings. The first-order valence-electron chi connectivity index (χ1n) is 27.1. The molecule has 6 nitrogen and oxygen atoms in total. The summed E-state index contributed by atoms with van der Waals surface area (Å²) in [6.07, 6.45) is 0. The SMILES string of the molecule is c1ccc(-n2c3ccccc3c3cccc(-c4nc(-c5ccc(-n6c7ccccc7c7cc8ccccc8cc76)c(-c6cccc7c6sc6ccccc67)c5)nc(-c5cccc6c7ccccc7n(-c7ccccc7)c56)n4)c32)cc1. The van der Waals surface area contributed by atoms with Crippen LogP contribution in [-0.4, -0.2) is 28.7 Å². The summed E-state index contributed by atoms with van der Waals surface area (Å²) in [6, 6.07) is 96.3. The lowest BCUT2D eigenvalue weighted by Crippen LogP contribution is -2.04. The predicted molar refractivity (Wildman–Crippen MR) is 335 cm³/mol. The average molecular weight is 1040 g/mol. The third-order valence-corrected chi connectivity index (χ3v) is 17.5. The number of fused-ring (bicyclic) bond motifs is 13. The molecule has 0 N–H and O–H groups in total. The van der Waals surface area contributed by atoms with Gasteiger partial charge in [-0.15, -0.1) is 11.3 Å². The Morgan fingerprint density at radius 3 is 1.35 bits per heavy atom. The molecule has 0 aliphatic carbocycles. The summed E-state index contributed by atoms with van der Waals surface area (Å²) in [5.74, 6) is 1.75. The zero-order valence-corrected chi connectivity index (χ0v) is 43.8. The molecule has 0 atom stereocenters. The molecule has 0 saturated heterocycles. The summed E-state index contributed by atoms with van der Waals surface area (Å²) in [5, 5.41) is 11.9. The number of rotatable bonds is 7. The van der Waals surface area contributed by atoms with Crippen LogP contribution in [0.3, 0.4) is 0 Å². The van der Waals surface area contributed by atoms with E-state index in [0.717, 1.165) is 99.5 Å². The first-order chi connectivity index (χ1) is 39.7. The van der Waals surface area contributed by atoms with Crippen LogP contribution in [-0.2, 0) is 0 Å². The number of benzene rings is 12. The molecule has 0 spiro atoms. The average Bonchev–Trinajstić information content (AvgIpc) is 4.34. The van der Waals surface area contributed by atoms with Gasteiger partial charge in [0.15, 0.2) is 17.5 Å². The van der Waals surface area contributed by atoms with Gasteiger partial charge in [0, 0.05) is 91.7 Å². The van der Waals surface area contributed by atoms with Gasteiger partial charge in [-0.25, -0.2) is 15.0 Å². The highest BCUT2D eigenvalue weighted by atomic mass is 32.1. The molecule has 17 rings (SSSR count). The molecule has 17 aromatic rings. The molecule has 5 heterocycles. The summed E-state index contributed by atoms with van der Waals surface area (Å²) in [7, 11) is 0. The highest BCUT2D eigenvalue weighted by Gasteiger charge is 2.25. The first kappa shape index (κ1) is 44.6. The minimum atomic E-state index is 0.577. The van der Waals surface area contributed by atoms with E-state index in [0.29, 0.717) is 17.5 Å². The third-order valence-electron chi connectivity index (χ3n) is 16.3. The van der Waals surface area contributed by atoms with E-state index in [4.69, 9.17) is 15.0 Å². The molecular weight excluding hydrogens is 993 g/mol. The van der Waals surface area contributed by atoms with Gasteiger partial charge in [0.2, 0.25) is 0 Å². The summed E-state index contributed by atoms with van der Waals surface area (Å²) < 4.78 is 9.69. The zero-order chi connectivity index (χ0) is 52.4. The molecule has 372 valence electrons. The Bertz CT molecular complexity index is 5200. The smallest absolute Gasteiger partial charge is 0.166 e. The van der Waals surface area contributed by atoms with Crippen LogP contribution in [0.1, 0.15) is 0 Å². The molecule has 0 bridgehead atoms. The third kappa shape index (κ3) is 6.68. The molecular formula is C73H44N6S. The zero-order valence-electron chi connectivity index (χ0n) is 43.0. The van der Waals surface area contributed by atoms with Crippen molar-refractivity contribution >= 4 is 108 Å². The van der Waals surface area contributed by atoms with E-state index in [2.05, 4.69) is 281 Å². The fourth-order valence-corrected chi connectivity index (χ4v) is 14.0. The van der Waals surface area contributed by atoms with Crippen molar-refractivity contribution in [1.82, 2.24) is 28.7 Å². The van der Waals surface area contributed by atoms with Gasteiger partial charge in [0.1, 0.15) is 0 Å². The van der Waals surface area contributed by atoms with Gasteiger partial charge in [-0.2, -0.15) is 0 Å². The van der Waals surface area contributed by atoms with Crippen molar-refractivity contribution in [1.29, 1.82) is 0 Å². The van der Waals surface area contributed by atoms with Crippen LogP contribution in [0.5, 0.6) is 0 Å². The van der Waals surface area contributed by atoms with E-state index in [1.165, 1.54) is 41.7 Å². The normalized spacial score (nSPS) is 12.0. The van der Waals surface area contributed by atoms with Gasteiger partial charge in [0.25, 0.3) is 0 Å². The second-order valence-corrected chi connectivity index (χ2v) is 21.7. The predicted octanol–water partition coefficient (Wildman–Crippen LogP) is 19.4. The topological polar surface area (TPSA) is 53.5 Å². The largest absolute Gasteiger partial charge is 0.309 e. The Kier molecular flexibility index (Phi) is 9.78. The number of hydrogen-bond donors (Lipinski definition) is 0. The molecule has 7 heteroatoms. The maximum absolute atomic E-state index is 5.67. The van der Waals surface area contributed by atoms with Crippen molar-refractivity contribution in [2.45, 2.75) is 0 Å². The fraction of sp³-hybridized carbons (Fsp3) is 0. The first-order valence-corrected chi connectivity index (χ1v) is 27.9. The Hall–Kier alpha value is -10.5. The standard InChI is InChI=1S/C73H44N6S/c1-3-22-48(23-4-1)77-62-36-13-9-26-50(62)54-30-17-34-58(68(54)77)72-74-71(75-73(76-72)59-35-18-31-55-51-27-10-14-37-63(51)78(69(55)59)49-24-5-2-6-25-49)47-40-41-65(61(43-47)57-33-19-32-56-53-29-12-16-39-67(53)80-70(56)57)79-64-38-15-11-28-52(64)60-42-45-20-7-8-21-46(45)44-66(60)79/h1-44H. The minimum absolute atomic E-state index is 0.577. The van der Waals surface area contributed by atoms with E-state index in [-0.39, 0.29) is 0 Å². The molecule has 0 saturated carbocycles. The Morgan fingerprint density at radius 1 is 0.275 bits per heavy atom. The number of hydrogen-bond acceptors (Lipinski definition) is 4. The van der Waals surface area contributed by atoms with Crippen LogP contribution < -0.4 is 0 Å². The second kappa shape index (κ2) is 17.5. The summed E-state index contributed by atoms with van der Waals surface area (Å²) in [5.41, 5.74) is 14.7. The van der Waals surface area contributed by atoms with Crippen molar-refractivity contribution < 1.29 is 0 Å². The quantitative estimate of drug-likeness (QED) is 0.160. The van der Waals surface area contributed by atoms with E-state index < -0.39 is 0 Å². The molecule has 0 aliphatic rings. The van der Waals surface area contributed by atoms with Gasteiger partial charge >= 0.3 is 0 Å². The van der Waals surface area contributed by atoms with Crippen LogP contribution in [0.4, 0.5) is 0 Å². The minimum Gasteiger partial charge on any atom is -0.309 e. The van der Waals surface area contributed by atoms with E-state index in [9.17, 15) is 0 Å². The maximum Gasteiger partial charge on any atom is 0.166 e. The van der Waals surface area contributed by atoms with Crippen molar-refractivity contribution in [2.75, 3.05) is 0 Å². The van der Waals surface area contributed by atoms with Crippen LogP contribution in [0.15, 0.2) is 267 Å². The summed E-state index contributed by atoms with van der Waals surface area (Å²) in [4.78, 5) is 17.0. The van der Waals surface area contributed by atoms with Crippen molar-refractivity contribution in [2.24, 2.45) is 0 Å². The summed E-state index contributed by atoms with van der Waals surface area (Å²) in [6.45, 7) is 0. The van der Waals surface area contributed by atoms with Crippen LogP contribution in [0.2, 0.25) is 0 Å². The Balaban J connectivity index is 0.987. The van der Waals surface area contributed by atoms with Crippen LogP contribution in [0.25, 0.3) is 159 Å². The molecule has 80 heavy (non-hydrogen) atoms. The monoisotopic (exact) mass is 1040 g/mol. The molecule has 0 aliphatic heterocycles. The van der Waals surface area contributed by atoms with Crippen LogP contribution >= 0.6 is 11.3 Å². The van der Waals surface area contributed by atoms with E-state index in [1.54, 1.807) is 0 Å². The molecule has 5 aromatic heterocycles. The van der Waals surface area contributed by atoms with Gasteiger partial charge in [0.05, 0.1) is 38.8 Å². The van der Waals surface area contributed by atoms with E-state index >= 15 is 0 Å². The number of nitrogens with zero attached hydrogens (tertiary/aromatic N) is 6. The number of aromatic nitrogens is 6. The van der Waals surface area contributed by atoms with E-state index in [1.807, 2.05) is 11.3 Å². The second-order valence-electron chi connectivity index (χ2n) is 20.7. The van der Waals surface area contributed by atoms with Crippen molar-refractivity contribution in [3.8, 4) is 62.4 Å². The Labute approximate surface area is 463 Å². The van der Waals surface area contributed by atoms with Crippen molar-refractivity contribution in [3.63, 3.8) is 0 Å². The molecule has 0 radical (unpaired) electrons. The van der Waals surface area contributed by atoms with Gasteiger partial charge in [-0.05, 0) is 102 Å². The molecule has 12 aromatic carbocycles. The van der Waals surface area contributed by atoms with Crippen molar-refractivity contribution in [3.05, 3.63) is 267 Å². The molecule has 0 amide bonds. The lowest BCUT2D eigenvalue weighted by atomic mass is 9.98. The lowest BCUT2D eigenvalue weighted by molar-refractivity contribution is 1.07. The molecule has 0 unspecified atom stereocenters. The fourth-order valence-electron chi connectivity index (χ4n) is 12.8. The van der Waals surface area contributed by atoms with Gasteiger partial charge in [-0.1, -0.05) is 176 Å². The number of thiophene rings is 1. The highest BCUT2D eigenvalue weighted by molar-refractivity contribution is 7.26. The van der Waals surface area contributed by atoms with Gasteiger partial charge in [-0.3, -0.25) is 0 Å². The lowest BCUT2D eigenvalue weighted by Gasteiger charge is -2.17. The van der Waals surface area contributed by atoms with Crippen LogP contribution in [0, 0.1) is 0 Å². The highest BCUT2D eigenvalue weighted by Crippen LogP contribution is 2.46. The Morgan fingerprint density at radius 2 is 0.738 bits per heavy atom. The summed E-state index contributed by atoms with van der Waals surface area (Å²) >= 11 is 1.85. The van der Waals surface area contributed by atoms with Gasteiger partial charge < -0.3 is 13.7 Å².